The molecule has 0 aromatic heterocycles. The molecule has 0 radical (unpaired) electrons. The highest BCUT2D eigenvalue weighted by Gasteiger charge is 2.31. The topological polar surface area (TPSA) is 114 Å². The summed E-state index contributed by atoms with van der Waals surface area (Å²) in [6, 6.07) is 26.9. The van der Waals surface area contributed by atoms with Gasteiger partial charge in [-0.15, -0.1) is 0 Å². The molecular weight excluding hydrogens is 514 g/mol. The molecule has 3 aromatic rings. The van der Waals surface area contributed by atoms with Crippen LogP contribution in [0.4, 0.5) is 0 Å². The van der Waals surface area contributed by atoms with Crippen LogP contribution in [-0.4, -0.2) is 29.5 Å². The second-order valence-corrected chi connectivity index (χ2v) is 9.36. The Labute approximate surface area is 234 Å². The van der Waals surface area contributed by atoms with E-state index in [1.165, 1.54) is 0 Å². The van der Waals surface area contributed by atoms with Crippen LogP contribution in [0.15, 0.2) is 91.0 Å². The average Bonchev–Trinajstić information content (AvgIpc) is 2.99. The van der Waals surface area contributed by atoms with Gasteiger partial charge in [0.25, 0.3) is 0 Å². The average molecular weight is 550 g/mol. The second kappa shape index (κ2) is 17.5. The predicted molar refractivity (Wildman–Crippen MR) is 147 cm³/mol. The first-order valence-corrected chi connectivity index (χ1v) is 13.3. The molecule has 9 nitrogen and oxygen atoms in total. The van der Waals surface area contributed by atoms with Crippen LogP contribution in [0.25, 0.3) is 0 Å². The number of nitrogens with zero attached hydrogens (tertiary/aromatic N) is 1. The second-order valence-electron chi connectivity index (χ2n) is 9.36. The van der Waals surface area contributed by atoms with Crippen LogP contribution < -0.4 is 0 Å². The van der Waals surface area contributed by atoms with Crippen molar-refractivity contribution in [2.75, 3.05) is 6.61 Å². The SMILES string of the molecule is O=C(CCC(CC(CCCOOCc1ccccc1)[N+](=O)[O-])C(=O)OCc1ccccc1)OCc1ccccc1. The fourth-order valence-corrected chi connectivity index (χ4v) is 4.04. The molecule has 2 unspecified atom stereocenters. The number of nitro groups is 1. The van der Waals surface area contributed by atoms with Crippen molar-refractivity contribution in [1.29, 1.82) is 0 Å². The third kappa shape index (κ3) is 11.8. The van der Waals surface area contributed by atoms with Crippen LogP contribution in [0.3, 0.4) is 0 Å². The van der Waals surface area contributed by atoms with Gasteiger partial charge in [0.2, 0.25) is 6.04 Å². The van der Waals surface area contributed by atoms with Gasteiger partial charge < -0.3 is 9.47 Å². The maximum Gasteiger partial charge on any atom is 0.309 e. The lowest BCUT2D eigenvalue weighted by molar-refractivity contribution is -0.525. The van der Waals surface area contributed by atoms with Crippen molar-refractivity contribution in [3.05, 3.63) is 118 Å². The first-order chi connectivity index (χ1) is 19.5. The third-order valence-electron chi connectivity index (χ3n) is 6.27. The molecule has 0 bridgehead atoms. The maximum atomic E-state index is 13.0. The minimum Gasteiger partial charge on any atom is -0.461 e. The third-order valence-corrected chi connectivity index (χ3v) is 6.27. The van der Waals surface area contributed by atoms with E-state index in [0.717, 1.165) is 16.7 Å². The van der Waals surface area contributed by atoms with E-state index in [9.17, 15) is 19.7 Å². The highest BCUT2D eigenvalue weighted by Crippen LogP contribution is 2.22. The lowest BCUT2D eigenvalue weighted by Gasteiger charge is -2.18. The van der Waals surface area contributed by atoms with Gasteiger partial charge in [0.1, 0.15) is 19.8 Å². The van der Waals surface area contributed by atoms with Crippen molar-refractivity contribution in [3.8, 4) is 0 Å². The van der Waals surface area contributed by atoms with Gasteiger partial charge in [0, 0.05) is 24.2 Å². The Bertz CT molecular complexity index is 1160. The zero-order valence-electron chi connectivity index (χ0n) is 22.4. The van der Waals surface area contributed by atoms with Gasteiger partial charge in [-0.3, -0.25) is 19.7 Å². The molecular formula is C31H35NO8. The number of hydrogen-bond donors (Lipinski definition) is 0. The summed E-state index contributed by atoms with van der Waals surface area (Å²) in [6.45, 7) is 0.609. The lowest BCUT2D eigenvalue weighted by atomic mass is 9.93. The van der Waals surface area contributed by atoms with Crippen LogP contribution in [0.2, 0.25) is 0 Å². The number of benzene rings is 3. The summed E-state index contributed by atoms with van der Waals surface area (Å²) in [4.78, 5) is 47.1. The number of esters is 2. The zero-order valence-corrected chi connectivity index (χ0v) is 22.4. The molecule has 0 N–H and O–H groups in total. The monoisotopic (exact) mass is 549 g/mol. The summed E-state index contributed by atoms with van der Waals surface area (Å²) in [5.74, 6) is -1.89. The fraction of sp³-hybridized carbons (Fsp3) is 0.355. The van der Waals surface area contributed by atoms with E-state index >= 15 is 0 Å². The van der Waals surface area contributed by atoms with Crippen molar-refractivity contribution in [1.82, 2.24) is 0 Å². The fourth-order valence-electron chi connectivity index (χ4n) is 4.04. The lowest BCUT2D eigenvalue weighted by Crippen LogP contribution is -2.29. The molecule has 0 amide bonds. The summed E-state index contributed by atoms with van der Waals surface area (Å²) in [5, 5.41) is 11.8. The highest BCUT2D eigenvalue weighted by molar-refractivity contribution is 5.74. The van der Waals surface area contributed by atoms with Gasteiger partial charge in [-0.2, -0.15) is 0 Å². The van der Waals surface area contributed by atoms with Gasteiger partial charge in [0.15, 0.2) is 0 Å². The number of ether oxygens (including phenoxy) is 2. The number of hydrogen-bond acceptors (Lipinski definition) is 8. The minimum atomic E-state index is -1.01. The first-order valence-electron chi connectivity index (χ1n) is 13.3. The van der Waals surface area contributed by atoms with Crippen LogP contribution in [-0.2, 0) is 48.7 Å². The van der Waals surface area contributed by atoms with Crippen molar-refractivity contribution < 1.29 is 33.8 Å². The van der Waals surface area contributed by atoms with Gasteiger partial charge in [0.05, 0.1) is 12.5 Å². The van der Waals surface area contributed by atoms with E-state index in [-0.39, 0.29) is 52.1 Å². The van der Waals surface area contributed by atoms with Gasteiger partial charge in [-0.25, -0.2) is 9.78 Å². The number of carbonyl (C=O) groups is 2. The number of rotatable bonds is 18. The summed E-state index contributed by atoms with van der Waals surface area (Å²) in [6.07, 6.45) is 0.520. The molecule has 0 saturated carbocycles. The van der Waals surface area contributed by atoms with E-state index < -0.39 is 28.8 Å². The summed E-state index contributed by atoms with van der Waals surface area (Å²) in [7, 11) is 0. The largest absolute Gasteiger partial charge is 0.461 e. The Morgan fingerprint density at radius 3 is 1.77 bits per heavy atom. The Balaban J connectivity index is 1.50. The molecule has 0 aliphatic rings. The number of carbonyl (C=O) groups excluding carboxylic acids is 2. The predicted octanol–water partition coefficient (Wildman–Crippen LogP) is 5.83. The highest BCUT2D eigenvalue weighted by atomic mass is 17.2. The molecule has 0 fully saturated rings. The van der Waals surface area contributed by atoms with E-state index in [2.05, 4.69) is 0 Å². The molecule has 0 heterocycles. The molecule has 3 rings (SSSR count). The van der Waals surface area contributed by atoms with Crippen molar-refractivity contribution >= 4 is 11.9 Å². The molecule has 0 aliphatic heterocycles. The van der Waals surface area contributed by atoms with E-state index in [4.69, 9.17) is 19.2 Å². The Kier molecular flexibility index (Phi) is 13.3. The van der Waals surface area contributed by atoms with Crippen LogP contribution >= 0.6 is 0 Å². The molecule has 212 valence electrons. The minimum absolute atomic E-state index is 0.0460. The van der Waals surface area contributed by atoms with E-state index in [0.29, 0.717) is 6.42 Å². The Morgan fingerprint density at radius 2 is 1.23 bits per heavy atom. The summed E-state index contributed by atoms with van der Waals surface area (Å²) >= 11 is 0. The Morgan fingerprint density at radius 1 is 0.700 bits per heavy atom. The van der Waals surface area contributed by atoms with E-state index in [1.807, 2.05) is 91.0 Å². The molecule has 3 aromatic carbocycles. The van der Waals surface area contributed by atoms with Gasteiger partial charge in [-0.05, 0) is 29.5 Å². The summed E-state index contributed by atoms with van der Waals surface area (Å²) in [5.41, 5.74) is 2.60. The smallest absolute Gasteiger partial charge is 0.309 e. The van der Waals surface area contributed by atoms with Crippen LogP contribution in [0.1, 0.15) is 48.8 Å². The molecule has 0 aliphatic carbocycles. The molecule has 2 atom stereocenters. The molecule has 0 spiro atoms. The Hall–Kier alpha value is -4.08. The normalized spacial score (nSPS) is 12.3. The van der Waals surface area contributed by atoms with Crippen LogP contribution in [0, 0.1) is 16.0 Å². The zero-order chi connectivity index (χ0) is 28.4. The van der Waals surface area contributed by atoms with Crippen LogP contribution in [0.5, 0.6) is 0 Å². The summed E-state index contributed by atoms with van der Waals surface area (Å²) < 4.78 is 10.8. The standard InChI is InChI=1S/C31H35NO8/c33-30(37-22-25-11-4-1-5-12-25)19-18-28(31(34)38-23-26-13-6-2-7-14-26)21-29(32(35)36)17-10-20-39-40-24-27-15-8-3-9-16-27/h1-9,11-16,28-29H,10,17-24H2. The molecule has 0 saturated heterocycles. The maximum absolute atomic E-state index is 13.0. The quantitative estimate of drug-likeness (QED) is 0.0640. The van der Waals surface area contributed by atoms with Crippen molar-refractivity contribution in [2.45, 2.75) is 58.0 Å². The molecule has 40 heavy (non-hydrogen) atoms. The first kappa shape index (κ1) is 30.5. The van der Waals surface area contributed by atoms with Gasteiger partial charge >= 0.3 is 11.9 Å². The molecule has 9 heteroatoms. The van der Waals surface area contributed by atoms with Gasteiger partial charge in [-0.1, -0.05) is 91.0 Å². The van der Waals surface area contributed by atoms with Crippen molar-refractivity contribution in [2.24, 2.45) is 5.92 Å². The van der Waals surface area contributed by atoms with E-state index in [1.54, 1.807) is 0 Å². The van der Waals surface area contributed by atoms with Crippen molar-refractivity contribution in [3.63, 3.8) is 0 Å².